The summed E-state index contributed by atoms with van der Waals surface area (Å²) in [5, 5.41) is 0. The lowest BCUT2D eigenvalue weighted by Gasteiger charge is -2.43. The molecule has 0 amide bonds. The van der Waals surface area contributed by atoms with Crippen LogP contribution in [0.15, 0.2) is 12.2 Å². The van der Waals surface area contributed by atoms with Crippen molar-refractivity contribution >= 4 is 39.7 Å². The number of hydrogen-bond acceptors (Lipinski definition) is 5. The molecule has 154 valence electrons. The van der Waals surface area contributed by atoms with E-state index in [1.54, 1.807) is 6.92 Å². The number of ether oxygens (including phenoxy) is 1. The lowest BCUT2D eigenvalue weighted by molar-refractivity contribution is -0.143. The minimum atomic E-state index is -3.01. The van der Waals surface area contributed by atoms with Gasteiger partial charge in [0, 0.05) is 5.57 Å². The Morgan fingerprint density at radius 1 is 0.846 bits per heavy atom. The summed E-state index contributed by atoms with van der Waals surface area (Å²) in [6.07, 6.45) is 0.391. The summed E-state index contributed by atoms with van der Waals surface area (Å²) in [7, 11) is -8.82. The zero-order chi connectivity index (χ0) is 21.0. The second-order valence-electron chi connectivity index (χ2n) is 9.75. The third kappa shape index (κ3) is 11.6. The van der Waals surface area contributed by atoms with Crippen molar-refractivity contribution in [2.75, 3.05) is 0 Å². The molecule has 1 atom stereocenters. The first-order chi connectivity index (χ1) is 11.4. The van der Waals surface area contributed by atoms with Gasteiger partial charge in [-0.05, 0) is 72.3 Å². The van der Waals surface area contributed by atoms with Crippen LogP contribution < -0.4 is 0 Å². The van der Waals surface area contributed by atoms with E-state index in [9.17, 15) is 4.79 Å². The maximum atomic E-state index is 12.1. The largest absolute Gasteiger partial charge is 0.473 e. The second-order valence-corrected chi connectivity index (χ2v) is 26.6. The van der Waals surface area contributed by atoms with Gasteiger partial charge in [-0.3, -0.25) is 0 Å². The number of carbonyl (C=O) groups excluding carboxylic acids is 1. The Morgan fingerprint density at radius 2 is 1.19 bits per heavy atom. The number of rotatable bonds is 11. The first-order valence-corrected chi connectivity index (χ1v) is 21.5. The Balaban J connectivity index is 5.88. The van der Waals surface area contributed by atoms with E-state index < -0.39 is 33.8 Å². The highest BCUT2D eigenvalue weighted by Gasteiger charge is 2.51. The van der Waals surface area contributed by atoms with Gasteiger partial charge in [0.1, 0.15) is 6.10 Å². The van der Waals surface area contributed by atoms with Crippen molar-refractivity contribution in [3.63, 3.8) is 0 Å². The molecule has 0 spiro atoms. The van der Waals surface area contributed by atoms with E-state index in [4.69, 9.17) is 17.1 Å². The Bertz CT molecular complexity index is 448. The van der Waals surface area contributed by atoms with E-state index >= 15 is 0 Å². The average molecular weight is 437 g/mol. The fourth-order valence-corrected chi connectivity index (χ4v) is 17.1. The quantitative estimate of drug-likeness (QED) is 0.247. The lowest BCUT2D eigenvalue weighted by atomic mass is 10.3. The number of carbonyl (C=O) groups is 1. The average Bonchev–Trinajstić information content (AvgIpc) is 2.30. The highest BCUT2D eigenvalue weighted by atomic mass is 28.5. The van der Waals surface area contributed by atoms with Gasteiger partial charge in [0.05, 0.1) is 6.04 Å². The monoisotopic (exact) mass is 436 g/mol. The maximum absolute atomic E-state index is 12.1. The predicted octanol–water partition coefficient (Wildman–Crippen LogP) is 5.38. The molecule has 0 fully saturated rings. The molecule has 0 heterocycles. The molecule has 0 N–H and O–H groups in total. The lowest BCUT2D eigenvalue weighted by Crippen LogP contribution is -2.61. The molecule has 0 aliphatic carbocycles. The van der Waals surface area contributed by atoms with Crippen LogP contribution in [-0.2, 0) is 21.9 Å². The highest BCUT2D eigenvalue weighted by molar-refractivity contribution is 6.90. The Labute approximate surface area is 165 Å². The zero-order valence-electron chi connectivity index (χ0n) is 18.7. The number of esters is 1. The van der Waals surface area contributed by atoms with Crippen LogP contribution in [0.1, 0.15) is 20.3 Å². The van der Waals surface area contributed by atoms with Crippen LogP contribution in [0.25, 0.3) is 0 Å². The third-order valence-electron chi connectivity index (χ3n) is 2.94. The molecule has 0 aliphatic rings. The van der Waals surface area contributed by atoms with Crippen molar-refractivity contribution in [3.8, 4) is 0 Å². The van der Waals surface area contributed by atoms with E-state index in [1.165, 1.54) is 0 Å². The van der Waals surface area contributed by atoms with Gasteiger partial charge in [0.25, 0.3) is 0 Å². The minimum Gasteiger partial charge on any atom is -0.459 e. The van der Waals surface area contributed by atoms with Crippen LogP contribution in [0, 0.1) is 0 Å². The van der Waals surface area contributed by atoms with E-state index in [-0.39, 0.29) is 12.1 Å². The molecule has 1 unspecified atom stereocenters. The Hall–Kier alpha value is -0.0425. The van der Waals surface area contributed by atoms with Gasteiger partial charge in [0.15, 0.2) is 25.0 Å². The summed E-state index contributed by atoms with van der Waals surface area (Å²) in [4.78, 5) is 12.1. The van der Waals surface area contributed by atoms with Crippen molar-refractivity contribution in [3.05, 3.63) is 12.2 Å². The summed E-state index contributed by atoms with van der Waals surface area (Å²) in [6.45, 7) is 26.7. The van der Waals surface area contributed by atoms with Gasteiger partial charge in [-0.15, -0.1) is 0 Å². The van der Waals surface area contributed by atoms with E-state index in [0.29, 0.717) is 18.0 Å². The van der Waals surface area contributed by atoms with Gasteiger partial charge in [0.2, 0.25) is 0 Å². The molecule has 0 radical (unpaired) electrons. The summed E-state index contributed by atoms with van der Waals surface area (Å²) in [5.74, 6) is -0.367. The molecule has 0 saturated heterocycles. The Kier molecular flexibility index (Phi) is 9.42. The molecule has 0 aromatic carbocycles. The molecule has 0 aromatic heterocycles. The molecule has 5 nitrogen and oxygen atoms in total. The van der Waals surface area contributed by atoms with Gasteiger partial charge in [-0.25, -0.2) is 4.79 Å². The standard InChI is InChI=1S/C17H40O5Si4/c1-13-16(19-17(18)15(2)3)14-26(20-23(4,5)6,21-24(7,8)9)22-25(10,11)12/h16H,2,13-14H2,1,3-12H3. The zero-order valence-corrected chi connectivity index (χ0v) is 22.7. The molecule has 0 aliphatic heterocycles. The van der Waals surface area contributed by atoms with Gasteiger partial charge >= 0.3 is 14.8 Å². The molecule has 0 saturated carbocycles. The first kappa shape index (κ1) is 26.0. The van der Waals surface area contributed by atoms with Crippen LogP contribution in [0.4, 0.5) is 0 Å². The molecule has 0 aromatic rings. The predicted molar refractivity (Wildman–Crippen MR) is 119 cm³/mol. The van der Waals surface area contributed by atoms with Crippen LogP contribution in [0.5, 0.6) is 0 Å². The number of hydrogen-bond donors (Lipinski definition) is 0. The third-order valence-corrected chi connectivity index (χ3v) is 15.0. The molecule has 9 heteroatoms. The summed E-state index contributed by atoms with van der Waals surface area (Å²) in [6, 6.07) is 0.501. The van der Waals surface area contributed by atoms with Crippen LogP contribution >= 0.6 is 0 Å². The van der Waals surface area contributed by atoms with Crippen LogP contribution in [-0.4, -0.2) is 45.8 Å². The van der Waals surface area contributed by atoms with Crippen LogP contribution in [0.2, 0.25) is 65.0 Å². The van der Waals surface area contributed by atoms with Crippen molar-refractivity contribution in [1.29, 1.82) is 0 Å². The van der Waals surface area contributed by atoms with Crippen LogP contribution in [0.3, 0.4) is 0 Å². The molecular weight excluding hydrogens is 397 g/mol. The smallest absolute Gasteiger partial charge is 0.459 e. The van der Waals surface area contributed by atoms with E-state index in [1.807, 2.05) is 6.92 Å². The first-order valence-electron chi connectivity index (χ1n) is 9.35. The van der Waals surface area contributed by atoms with Gasteiger partial charge < -0.3 is 17.1 Å². The van der Waals surface area contributed by atoms with Gasteiger partial charge in [-0.1, -0.05) is 13.5 Å². The molecular formula is C17H40O5Si4. The van der Waals surface area contributed by atoms with Crippen molar-refractivity contribution < 1.29 is 21.9 Å². The Morgan fingerprint density at radius 3 is 1.42 bits per heavy atom. The maximum Gasteiger partial charge on any atom is 0.473 e. The molecule has 0 rings (SSSR count). The van der Waals surface area contributed by atoms with Crippen molar-refractivity contribution in [2.24, 2.45) is 0 Å². The second kappa shape index (κ2) is 9.44. The van der Waals surface area contributed by atoms with Crippen molar-refractivity contribution in [2.45, 2.75) is 91.3 Å². The van der Waals surface area contributed by atoms with E-state index in [2.05, 4.69) is 65.5 Å². The summed E-state index contributed by atoms with van der Waals surface area (Å²) < 4.78 is 25.6. The summed E-state index contributed by atoms with van der Waals surface area (Å²) in [5.41, 5.74) is 0.402. The topological polar surface area (TPSA) is 54.0 Å². The van der Waals surface area contributed by atoms with Gasteiger partial charge in [-0.2, -0.15) is 0 Å². The summed E-state index contributed by atoms with van der Waals surface area (Å²) >= 11 is 0. The molecule has 0 bridgehead atoms. The normalized spacial score (nSPS) is 14.9. The van der Waals surface area contributed by atoms with Crippen molar-refractivity contribution in [1.82, 2.24) is 0 Å². The van der Waals surface area contributed by atoms with E-state index in [0.717, 1.165) is 0 Å². The highest BCUT2D eigenvalue weighted by Crippen LogP contribution is 2.31. The minimum absolute atomic E-state index is 0.296. The fraction of sp³-hybridized carbons (Fsp3) is 0.824. The molecule has 26 heavy (non-hydrogen) atoms. The SMILES string of the molecule is C=C(C)C(=O)OC(CC)C[Si](O[Si](C)(C)C)(O[Si](C)(C)C)O[Si](C)(C)C. The fourth-order valence-electron chi connectivity index (χ4n) is 2.39.